The van der Waals surface area contributed by atoms with Gasteiger partial charge in [-0.2, -0.15) is 23.0 Å². The number of benzene rings is 2. The first kappa shape index (κ1) is 26.5. The zero-order valence-corrected chi connectivity index (χ0v) is 21.9. The first-order chi connectivity index (χ1) is 19.6. The molecule has 3 aromatic heterocycles. The monoisotopic (exact) mass is 579 g/mol. The topological polar surface area (TPSA) is 121 Å². The van der Waals surface area contributed by atoms with E-state index in [2.05, 4.69) is 20.4 Å². The molecule has 0 saturated heterocycles. The van der Waals surface area contributed by atoms with Crippen molar-refractivity contribution in [3.05, 3.63) is 93.8 Å². The molecule has 1 saturated carbocycles. The Morgan fingerprint density at radius 3 is 2.44 bits per heavy atom. The van der Waals surface area contributed by atoms with Gasteiger partial charge in [-0.3, -0.25) is 9.59 Å². The average Bonchev–Trinajstić information content (AvgIpc) is 3.72. The maximum atomic E-state index is 13.3. The van der Waals surface area contributed by atoms with Crippen LogP contribution in [0.3, 0.4) is 0 Å². The Kier molecular flexibility index (Phi) is 6.49. The van der Waals surface area contributed by atoms with Crippen LogP contribution in [-0.4, -0.2) is 36.4 Å². The Hall–Kier alpha value is -4.71. The molecular formula is C28H21ClF3N7O2. The van der Waals surface area contributed by atoms with Crippen LogP contribution in [0.5, 0.6) is 0 Å². The van der Waals surface area contributed by atoms with E-state index in [4.69, 9.17) is 17.3 Å². The number of carbonyl (C=O) groups excluding carboxylic acids is 1. The van der Waals surface area contributed by atoms with Crippen molar-refractivity contribution >= 4 is 40.0 Å². The number of anilines is 2. The van der Waals surface area contributed by atoms with E-state index in [1.54, 1.807) is 48.5 Å². The molecule has 0 bridgehead atoms. The Bertz CT molecular complexity index is 1840. The number of nitrogens with zero attached hydrogens (tertiary/aromatic N) is 5. The van der Waals surface area contributed by atoms with Gasteiger partial charge in [-0.05, 0) is 60.9 Å². The normalized spacial score (nSPS) is 13.5. The fourth-order valence-electron chi connectivity index (χ4n) is 4.62. The Balaban J connectivity index is 1.31. The summed E-state index contributed by atoms with van der Waals surface area (Å²) in [7, 11) is 0. The van der Waals surface area contributed by atoms with Gasteiger partial charge in [-0.15, -0.1) is 0 Å². The van der Waals surface area contributed by atoms with Gasteiger partial charge in [0.15, 0.2) is 0 Å². The molecule has 2 aromatic carbocycles. The lowest BCUT2D eigenvalue weighted by Gasteiger charge is -2.11. The average molecular weight is 580 g/mol. The summed E-state index contributed by atoms with van der Waals surface area (Å²) in [6.07, 6.45) is -0.184. The third-order valence-corrected chi connectivity index (χ3v) is 6.98. The highest BCUT2D eigenvalue weighted by atomic mass is 35.5. The summed E-state index contributed by atoms with van der Waals surface area (Å²) in [6, 6.07) is 14.5. The molecule has 1 fully saturated rings. The molecular weight excluding hydrogens is 559 g/mol. The van der Waals surface area contributed by atoms with E-state index in [9.17, 15) is 22.8 Å². The minimum atomic E-state index is -4.46. The van der Waals surface area contributed by atoms with Crippen LogP contribution in [0.4, 0.5) is 24.7 Å². The van der Waals surface area contributed by atoms with Crippen LogP contribution in [0.25, 0.3) is 27.8 Å². The molecule has 5 aromatic rings. The summed E-state index contributed by atoms with van der Waals surface area (Å²) in [5, 5.41) is 8.00. The van der Waals surface area contributed by atoms with Gasteiger partial charge in [0.2, 0.25) is 0 Å². The van der Waals surface area contributed by atoms with Crippen molar-refractivity contribution in [2.75, 3.05) is 11.1 Å². The summed E-state index contributed by atoms with van der Waals surface area (Å²) >= 11 is 5.99. The van der Waals surface area contributed by atoms with Crippen molar-refractivity contribution in [3.8, 4) is 16.8 Å². The highest BCUT2D eigenvalue weighted by molar-refractivity contribution is 6.30. The van der Waals surface area contributed by atoms with Crippen molar-refractivity contribution in [1.29, 1.82) is 0 Å². The number of hydrogen-bond donors (Lipinski definition) is 2. The molecule has 0 atom stereocenters. The summed E-state index contributed by atoms with van der Waals surface area (Å²) in [6.45, 7) is -1.24. The predicted octanol–water partition coefficient (Wildman–Crippen LogP) is 5.57. The largest absolute Gasteiger partial charge is 0.406 e. The molecule has 0 spiro atoms. The predicted molar refractivity (Wildman–Crippen MR) is 148 cm³/mol. The van der Waals surface area contributed by atoms with Crippen molar-refractivity contribution in [1.82, 2.24) is 24.3 Å². The molecule has 0 aliphatic heterocycles. The fraction of sp³-hybridized carbons (Fsp3) is 0.179. The van der Waals surface area contributed by atoms with Gasteiger partial charge < -0.3 is 15.6 Å². The molecule has 0 radical (unpaired) electrons. The first-order valence-electron chi connectivity index (χ1n) is 12.6. The molecule has 1 aliphatic carbocycles. The van der Waals surface area contributed by atoms with E-state index < -0.39 is 24.2 Å². The lowest BCUT2D eigenvalue weighted by atomic mass is 10.1. The standard InChI is InChI=1S/C28H21ClF3N7O2/c29-17-5-9-19(10-6-17)39-27(41)20(11-22(37-39)16-1-2-16)26(40)36-18-7-3-15(4-8-18)21-12-38(13-28(30,31)32)25-23(21)24(33)34-14-35-25/h3-12,14,16H,1-2,13H2,(H,36,40)(H2,33,34,35). The van der Waals surface area contributed by atoms with Crippen LogP contribution in [0.15, 0.2) is 71.9 Å². The molecule has 3 N–H and O–H groups in total. The molecule has 6 rings (SSSR count). The van der Waals surface area contributed by atoms with E-state index in [0.717, 1.165) is 23.7 Å². The first-order valence-corrected chi connectivity index (χ1v) is 12.9. The van der Waals surface area contributed by atoms with E-state index in [0.29, 0.717) is 38.6 Å². The van der Waals surface area contributed by atoms with E-state index in [-0.39, 0.29) is 22.9 Å². The van der Waals surface area contributed by atoms with Crippen LogP contribution in [-0.2, 0) is 6.54 Å². The van der Waals surface area contributed by atoms with Crippen molar-refractivity contribution in [2.45, 2.75) is 31.5 Å². The second-order valence-corrected chi connectivity index (χ2v) is 10.2. The van der Waals surface area contributed by atoms with Crippen LogP contribution < -0.4 is 16.6 Å². The molecule has 1 amide bonds. The number of rotatable bonds is 6. The second-order valence-electron chi connectivity index (χ2n) is 9.73. The number of nitrogens with one attached hydrogen (secondary N) is 1. The molecule has 9 nitrogen and oxygen atoms in total. The Morgan fingerprint density at radius 2 is 1.78 bits per heavy atom. The second kappa shape index (κ2) is 10.0. The van der Waals surface area contributed by atoms with Crippen LogP contribution in [0.1, 0.15) is 34.8 Å². The molecule has 0 unspecified atom stereocenters. The van der Waals surface area contributed by atoms with Gasteiger partial charge in [0.05, 0.1) is 16.8 Å². The quantitative estimate of drug-likeness (QED) is 0.271. The minimum absolute atomic E-state index is 0.0458. The van der Waals surface area contributed by atoms with Gasteiger partial charge in [0.1, 0.15) is 29.9 Å². The molecule has 3 heterocycles. The summed E-state index contributed by atoms with van der Waals surface area (Å²) in [4.78, 5) is 34.5. The lowest BCUT2D eigenvalue weighted by Crippen LogP contribution is -2.31. The zero-order valence-electron chi connectivity index (χ0n) is 21.2. The van der Waals surface area contributed by atoms with E-state index >= 15 is 0 Å². The molecule has 13 heteroatoms. The van der Waals surface area contributed by atoms with Crippen LogP contribution in [0.2, 0.25) is 5.02 Å². The number of hydrogen-bond acceptors (Lipinski definition) is 6. The lowest BCUT2D eigenvalue weighted by molar-refractivity contribution is -0.139. The number of alkyl halides is 3. The summed E-state index contributed by atoms with van der Waals surface area (Å²) in [5.74, 6) is -0.394. The number of nitrogens with two attached hydrogens (primary N) is 1. The number of aromatic nitrogens is 5. The number of carbonyl (C=O) groups is 1. The number of halogens is 4. The highest BCUT2D eigenvalue weighted by Gasteiger charge is 2.30. The van der Waals surface area contributed by atoms with Crippen molar-refractivity contribution < 1.29 is 18.0 Å². The van der Waals surface area contributed by atoms with Crippen LogP contribution >= 0.6 is 11.6 Å². The fourth-order valence-corrected chi connectivity index (χ4v) is 4.75. The number of fused-ring (bicyclic) bond motifs is 1. The van der Waals surface area contributed by atoms with Gasteiger partial charge in [0, 0.05) is 28.4 Å². The summed E-state index contributed by atoms with van der Waals surface area (Å²) in [5.41, 5.74) is 7.87. The summed E-state index contributed by atoms with van der Waals surface area (Å²) < 4.78 is 41.7. The number of amides is 1. The van der Waals surface area contributed by atoms with E-state index in [1.165, 1.54) is 16.9 Å². The maximum Gasteiger partial charge on any atom is 0.406 e. The van der Waals surface area contributed by atoms with Crippen LogP contribution in [0, 0.1) is 0 Å². The molecule has 41 heavy (non-hydrogen) atoms. The smallest absolute Gasteiger partial charge is 0.383 e. The zero-order chi connectivity index (χ0) is 28.9. The minimum Gasteiger partial charge on any atom is -0.383 e. The number of nitrogen functional groups attached to an aromatic ring is 1. The van der Waals surface area contributed by atoms with Gasteiger partial charge in [-0.1, -0.05) is 23.7 Å². The van der Waals surface area contributed by atoms with Gasteiger partial charge >= 0.3 is 6.18 Å². The van der Waals surface area contributed by atoms with Gasteiger partial charge in [0.25, 0.3) is 11.5 Å². The Morgan fingerprint density at radius 1 is 1.07 bits per heavy atom. The SMILES string of the molecule is Nc1ncnc2c1c(-c1ccc(NC(=O)c3cc(C4CC4)nn(-c4ccc(Cl)cc4)c3=O)cc1)cn2CC(F)(F)F. The third-order valence-electron chi connectivity index (χ3n) is 6.73. The van der Waals surface area contributed by atoms with Crippen molar-refractivity contribution in [3.63, 3.8) is 0 Å². The van der Waals surface area contributed by atoms with E-state index in [1.807, 2.05) is 0 Å². The third kappa shape index (κ3) is 5.38. The Labute approximate surface area is 235 Å². The highest BCUT2D eigenvalue weighted by Crippen LogP contribution is 2.39. The maximum absolute atomic E-state index is 13.3. The molecule has 1 aliphatic rings. The van der Waals surface area contributed by atoms with Crippen molar-refractivity contribution in [2.24, 2.45) is 0 Å². The molecule has 208 valence electrons. The van der Waals surface area contributed by atoms with Gasteiger partial charge in [-0.25, -0.2) is 9.97 Å².